The van der Waals surface area contributed by atoms with E-state index in [2.05, 4.69) is 5.32 Å². The molecule has 1 amide bonds. The van der Waals surface area contributed by atoms with E-state index in [9.17, 15) is 14.4 Å². The SMILES string of the molecule is O=C(O)CC[C@H](NC(=O)Cc1ccc2ccccc2c1)C(=O)O. The van der Waals surface area contributed by atoms with Gasteiger partial charge >= 0.3 is 11.9 Å². The second kappa shape index (κ2) is 7.40. The number of hydrogen-bond acceptors (Lipinski definition) is 3. The van der Waals surface area contributed by atoms with Crippen molar-refractivity contribution < 1.29 is 24.6 Å². The van der Waals surface area contributed by atoms with E-state index < -0.39 is 23.9 Å². The second-order valence-electron chi connectivity index (χ2n) is 5.25. The molecule has 2 aromatic carbocycles. The Morgan fingerprint density at radius 3 is 2.35 bits per heavy atom. The summed E-state index contributed by atoms with van der Waals surface area (Å²) < 4.78 is 0. The first-order valence-corrected chi connectivity index (χ1v) is 7.17. The largest absolute Gasteiger partial charge is 0.481 e. The van der Waals surface area contributed by atoms with Crippen LogP contribution in [0, 0.1) is 0 Å². The van der Waals surface area contributed by atoms with Crippen molar-refractivity contribution in [1.29, 1.82) is 0 Å². The summed E-state index contributed by atoms with van der Waals surface area (Å²) in [5.41, 5.74) is 0.767. The molecule has 2 rings (SSSR count). The second-order valence-corrected chi connectivity index (χ2v) is 5.25. The molecular weight excluding hydrogens is 298 g/mol. The van der Waals surface area contributed by atoms with Gasteiger partial charge in [0.15, 0.2) is 0 Å². The summed E-state index contributed by atoms with van der Waals surface area (Å²) in [5, 5.41) is 22.1. The van der Waals surface area contributed by atoms with Crippen molar-refractivity contribution in [3.05, 3.63) is 48.0 Å². The van der Waals surface area contributed by atoms with E-state index >= 15 is 0 Å². The average Bonchev–Trinajstić information content (AvgIpc) is 2.50. The zero-order valence-corrected chi connectivity index (χ0v) is 12.4. The van der Waals surface area contributed by atoms with Crippen LogP contribution >= 0.6 is 0 Å². The number of fused-ring (bicyclic) bond motifs is 1. The maximum atomic E-state index is 12.0. The number of rotatable bonds is 7. The van der Waals surface area contributed by atoms with Crippen LogP contribution in [0.1, 0.15) is 18.4 Å². The van der Waals surface area contributed by atoms with Gasteiger partial charge in [-0.15, -0.1) is 0 Å². The molecule has 6 heteroatoms. The maximum Gasteiger partial charge on any atom is 0.326 e. The molecule has 0 saturated carbocycles. The van der Waals surface area contributed by atoms with Gasteiger partial charge < -0.3 is 15.5 Å². The minimum absolute atomic E-state index is 0.0433. The summed E-state index contributed by atoms with van der Waals surface area (Å²) in [6.45, 7) is 0. The first-order chi connectivity index (χ1) is 11.0. The molecule has 0 radical (unpaired) electrons. The van der Waals surface area contributed by atoms with E-state index in [1.54, 1.807) is 0 Å². The third-order valence-electron chi connectivity index (χ3n) is 3.46. The Kier molecular flexibility index (Phi) is 5.30. The molecule has 0 aliphatic heterocycles. The zero-order chi connectivity index (χ0) is 16.8. The fourth-order valence-electron chi connectivity index (χ4n) is 2.30. The fraction of sp³-hybridized carbons (Fsp3) is 0.235. The Morgan fingerprint density at radius 2 is 1.70 bits per heavy atom. The van der Waals surface area contributed by atoms with Gasteiger partial charge in [0, 0.05) is 6.42 Å². The Bertz CT molecular complexity index is 741. The van der Waals surface area contributed by atoms with Crippen molar-refractivity contribution in [3.8, 4) is 0 Å². The van der Waals surface area contributed by atoms with Crippen molar-refractivity contribution in [2.45, 2.75) is 25.3 Å². The molecule has 0 spiro atoms. The third kappa shape index (κ3) is 4.81. The molecule has 0 fully saturated rings. The summed E-state index contributed by atoms with van der Waals surface area (Å²) in [6.07, 6.45) is -0.414. The van der Waals surface area contributed by atoms with Crippen LogP contribution in [0.3, 0.4) is 0 Å². The Labute approximate surface area is 132 Å². The Hall–Kier alpha value is -2.89. The van der Waals surface area contributed by atoms with Crippen LogP contribution in [0.15, 0.2) is 42.5 Å². The fourth-order valence-corrected chi connectivity index (χ4v) is 2.30. The summed E-state index contributed by atoms with van der Waals surface area (Å²) in [4.78, 5) is 33.6. The number of carboxylic acid groups (broad SMARTS) is 2. The van der Waals surface area contributed by atoms with Crippen molar-refractivity contribution >= 4 is 28.6 Å². The highest BCUT2D eigenvalue weighted by Crippen LogP contribution is 2.16. The number of hydrogen-bond donors (Lipinski definition) is 3. The molecule has 0 aliphatic rings. The summed E-state index contributed by atoms with van der Waals surface area (Å²) in [6, 6.07) is 12.1. The number of carbonyl (C=O) groups excluding carboxylic acids is 1. The number of amides is 1. The van der Waals surface area contributed by atoms with Gasteiger partial charge in [0.25, 0.3) is 0 Å². The molecule has 6 nitrogen and oxygen atoms in total. The Morgan fingerprint density at radius 1 is 1.00 bits per heavy atom. The summed E-state index contributed by atoms with van der Waals surface area (Å²) >= 11 is 0. The van der Waals surface area contributed by atoms with E-state index in [0.29, 0.717) is 0 Å². The maximum absolute atomic E-state index is 12.0. The van der Waals surface area contributed by atoms with Crippen LogP contribution in [-0.2, 0) is 20.8 Å². The molecule has 120 valence electrons. The molecular formula is C17H17NO5. The highest BCUT2D eigenvalue weighted by Gasteiger charge is 2.20. The third-order valence-corrected chi connectivity index (χ3v) is 3.46. The molecule has 0 aliphatic carbocycles. The molecule has 0 aromatic heterocycles. The van der Waals surface area contributed by atoms with E-state index in [1.807, 2.05) is 42.5 Å². The van der Waals surface area contributed by atoms with Gasteiger partial charge in [-0.3, -0.25) is 9.59 Å². The van der Waals surface area contributed by atoms with Crippen molar-refractivity contribution in [3.63, 3.8) is 0 Å². The van der Waals surface area contributed by atoms with E-state index in [0.717, 1.165) is 16.3 Å². The molecule has 3 N–H and O–H groups in total. The minimum atomic E-state index is -1.24. The van der Waals surface area contributed by atoms with Gasteiger partial charge in [-0.05, 0) is 22.8 Å². The highest BCUT2D eigenvalue weighted by atomic mass is 16.4. The topological polar surface area (TPSA) is 104 Å². The lowest BCUT2D eigenvalue weighted by Crippen LogP contribution is -2.41. The molecule has 0 unspecified atom stereocenters. The number of aliphatic carboxylic acids is 2. The quantitative estimate of drug-likeness (QED) is 0.723. The van der Waals surface area contributed by atoms with Crippen LogP contribution in [0.2, 0.25) is 0 Å². The van der Waals surface area contributed by atoms with Gasteiger partial charge in [0.2, 0.25) is 5.91 Å². The molecule has 23 heavy (non-hydrogen) atoms. The number of nitrogens with one attached hydrogen (secondary N) is 1. The highest BCUT2D eigenvalue weighted by molar-refractivity contribution is 5.87. The van der Waals surface area contributed by atoms with E-state index in [-0.39, 0.29) is 19.3 Å². The Balaban J connectivity index is 2.01. The lowest BCUT2D eigenvalue weighted by Gasteiger charge is -2.13. The minimum Gasteiger partial charge on any atom is -0.481 e. The van der Waals surface area contributed by atoms with Gasteiger partial charge in [0.05, 0.1) is 6.42 Å². The smallest absolute Gasteiger partial charge is 0.326 e. The predicted octanol–water partition coefficient (Wildman–Crippen LogP) is 1.82. The zero-order valence-electron chi connectivity index (χ0n) is 12.4. The molecule has 0 bridgehead atoms. The van der Waals surface area contributed by atoms with Crippen molar-refractivity contribution in [2.75, 3.05) is 0 Å². The van der Waals surface area contributed by atoms with Crippen LogP contribution in [0.4, 0.5) is 0 Å². The van der Waals surface area contributed by atoms with Gasteiger partial charge in [-0.25, -0.2) is 4.79 Å². The van der Waals surface area contributed by atoms with Crippen LogP contribution < -0.4 is 5.32 Å². The lowest BCUT2D eigenvalue weighted by atomic mass is 10.0. The summed E-state index contributed by atoms with van der Waals surface area (Å²) in [5.74, 6) is -2.78. The van der Waals surface area contributed by atoms with Crippen molar-refractivity contribution in [1.82, 2.24) is 5.32 Å². The van der Waals surface area contributed by atoms with E-state index in [1.165, 1.54) is 0 Å². The molecule has 0 heterocycles. The first kappa shape index (κ1) is 16.5. The lowest BCUT2D eigenvalue weighted by molar-refractivity contribution is -0.143. The number of carbonyl (C=O) groups is 3. The van der Waals surface area contributed by atoms with E-state index in [4.69, 9.17) is 10.2 Å². The first-order valence-electron chi connectivity index (χ1n) is 7.17. The molecule has 2 aromatic rings. The predicted molar refractivity (Wildman–Crippen MR) is 84.1 cm³/mol. The van der Waals surface area contributed by atoms with Gasteiger partial charge in [0.1, 0.15) is 6.04 Å². The standard InChI is InChI=1S/C17H17NO5/c19-15(18-14(17(22)23)7-8-16(20)21)10-11-5-6-12-3-1-2-4-13(12)9-11/h1-6,9,14H,7-8,10H2,(H,18,19)(H,20,21)(H,22,23)/t14-/m0/s1. The normalized spacial score (nSPS) is 11.8. The van der Waals surface area contributed by atoms with Crippen LogP contribution in [0.25, 0.3) is 10.8 Å². The van der Waals surface area contributed by atoms with Crippen molar-refractivity contribution in [2.24, 2.45) is 0 Å². The summed E-state index contributed by atoms with van der Waals surface area (Å²) in [7, 11) is 0. The monoisotopic (exact) mass is 315 g/mol. The number of benzene rings is 2. The molecule has 1 atom stereocenters. The average molecular weight is 315 g/mol. The van der Waals surface area contributed by atoms with Crippen LogP contribution in [0.5, 0.6) is 0 Å². The molecule has 0 saturated heterocycles. The van der Waals surface area contributed by atoms with Gasteiger partial charge in [-0.1, -0.05) is 42.5 Å². The number of carboxylic acids is 2. The van der Waals surface area contributed by atoms with Crippen LogP contribution in [-0.4, -0.2) is 34.1 Å². The van der Waals surface area contributed by atoms with Gasteiger partial charge in [-0.2, -0.15) is 0 Å².